The molecule has 1 aliphatic rings. The summed E-state index contributed by atoms with van der Waals surface area (Å²) < 4.78 is 1.81. The van der Waals surface area contributed by atoms with Crippen LogP contribution in [0.2, 0.25) is 5.02 Å². The molecule has 1 aromatic heterocycles. The smallest absolute Gasteiger partial charge is 0.255 e. The third kappa shape index (κ3) is 5.78. The number of benzene rings is 3. The molecule has 178 valence electrons. The summed E-state index contributed by atoms with van der Waals surface area (Å²) in [5.74, 6) is 0.307. The van der Waals surface area contributed by atoms with Gasteiger partial charge in [-0.15, -0.1) is 11.3 Å². The van der Waals surface area contributed by atoms with E-state index in [0.29, 0.717) is 22.0 Å². The zero-order valence-electron chi connectivity index (χ0n) is 18.8. The van der Waals surface area contributed by atoms with Crippen molar-refractivity contribution < 1.29 is 9.59 Å². The molecule has 2 heterocycles. The molecule has 1 N–H and O–H groups in total. The molecule has 4 aromatic rings. The maximum absolute atomic E-state index is 12.8. The standard InChI is InChI=1S/C26H23ClN4O2S2/c27-19-8-6-18(7-9-19)25(33)28-20-10-11-22-23(16-20)35-26(29-22)34-17-24(32)31-14-12-30(13-15-31)21-4-2-1-3-5-21/h1-11,16H,12-15,17H2,(H,28,33). The van der Waals surface area contributed by atoms with Crippen molar-refractivity contribution in [2.75, 3.05) is 42.1 Å². The van der Waals surface area contributed by atoms with Crippen LogP contribution >= 0.6 is 34.7 Å². The largest absolute Gasteiger partial charge is 0.368 e. The lowest BCUT2D eigenvalue weighted by atomic mass is 10.2. The summed E-state index contributed by atoms with van der Waals surface area (Å²) in [7, 11) is 0. The molecule has 0 unspecified atom stereocenters. The zero-order chi connectivity index (χ0) is 24.2. The first-order valence-electron chi connectivity index (χ1n) is 11.2. The van der Waals surface area contributed by atoms with Crippen LogP contribution < -0.4 is 10.2 Å². The second-order valence-electron chi connectivity index (χ2n) is 8.12. The Balaban J connectivity index is 1.15. The van der Waals surface area contributed by atoms with Crippen molar-refractivity contribution in [1.29, 1.82) is 0 Å². The van der Waals surface area contributed by atoms with Crippen LogP contribution in [0.5, 0.6) is 0 Å². The molecule has 1 fully saturated rings. The van der Waals surface area contributed by atoms with Gasteiger partial charge in [0.25, 0.3) is 5.91 Å². The minimum atomic E-state index is -0.196. The van der Waals surface area contributed by atoms with Crippen molar-refractivity contribution in [3.05, 3.63) is 83.4 Å². The van der Waals surface area contributed by atoms with Crippen LogP contribution in [0.4, 0.5) is 11.4 Å². The van der Waals surface area contributed by atoms with Crippen LogP contribution in [0.15, 0.2) is 77.1 Å². The van der Waals surface area contributed by atoms with Crippen molar-refractivity contribution in [2.45, 2.75) is 4.34 Å². The zero-order valence-corrected chi connectivity index (χ0v) is 21.2. The first-order valence-corrected chi connectivity index (χ1v) is 13.4. The Labute approximate surface area is 216 Å². The van der Waals surface area contributed by atoms with Crippen molar-refractivity contribution in [3.8, 4) is 0 Å². The number of thiazole rings is 1. The average molecular weight is 523 g/mol. The molecule has 3 aromatic carbocycles. The fraction of sp³-hybridized carbons (Fsp3) is 0.192. The van der Waals surface area contributed by atoms with Crippen LogP contribution in [-0.2, 0) is 4.79 Å². The SMILES string of the molecule is O=C(Nc1ccc2nc(SCC(=O)N3CCN(c4ccccc4)CC3)sc2c1)c1ccc(Cl)cc1. The minimum Gasteiger partial charge on any atom is -0.368 e. The van der Waals surface area contributed by atoms with Crippen molar-refractivity contribution in [2.24, 2.45) is 0 Å². The molecule has 0 aliphatic carbocycles. The van der Waals surface area contributed by atoms with Crippen molar-refractivity contribution >= 4 is 68.1 Å². The van der Waals surface area contributed by atoms with E-state index in [9.17, 15) is 9.59 Å². The number of hydrogen-bond acceptors (Lipinski definition) is 6. The van der Waals surface area contributed by atoms with Gasteiger partial charge in [-0.3, -0.25) is 9.59 Å². The molecule has 0 bridgehead atoms. The van der Waals surface area contributed by atoms with Gasteiger partial charge < -0.3 is 15.1 Å². The van der Waals surface area contributed by atoms with Gasteiger partial charge in [0.1, 0.15) is 0 Å². The lowest BCUT2D eigenvalue weighted by Crippen LogP contribution is -2.49. The second kappa shape index (κ2) is 10.7. The number of anilines is 2. The number of carbonyl (C=O) groups excluding carboxylic acids is 2. The van der Waals surface area contributed by atoms with Gasteiger partial charge in [-0.25, -0.2) is 4.98 Å². The van der Waals surface area contributed by atoms with Gasteiger partial charge in [0, 0.05) is 48.1 Å². The number of halogens is 1. The number of aromatic nitrogens is 1. The van der Waals surface area contributed by atoms with E-state index in [1.165, 1.54) is 28.8 Å². The monoisotopic (exact) mass is 522 g/mol. The van der Waals surface area contributed by atoms with E-state index in [1.54, 1.807) is 24.3 Å². The molecule has 5 rings (SSSR count). The Morgan fingerprint density at radius 1 is 0.971 bits per heavy atom. The molecule has 2 amide bonds. The molecule has 1 saturated heterocycles. The first-order chi connectivity index (χ1) is 17.0. The number of hydrogen-bond donors (Lipinski definition) is 1. The number of nitrogens with one attached hydrogen (secondary N) is 1. The number of para-hydroxylation sites is 1. The van der Waals surface area contributed by atoms with Crippen molar-refractivity contribution in [1.82, 2.24) is 9.88 Å². The van der Waals surface area contributed by atoms with Gasteiger partial charge in [-0.1, -0.05) is 41.6 Å². The van der Waals surface area contributed by atoms with E-state index < -0.39 is 0 Å². The fourth-order valence-electron chi connectivity index (χ4n) is 3.92. The third-order valence-corrected chi connectivity index (χ3v) is 8.20. The van der Waals surface area contributed by atoms with Crippen molar-refractivity contribution in [3.63, 3.8) is 0 Å². The van der Waals surface area contributed by atoms with Gasteiger partial charge in [0.05, 0.1) is 16.0 Å². The Morgan fingerprint density at radius 3 is 2.46 bits per heavy atom. The number of thioether (sulfide) groups is 1. The number of fused-ring (bicyclic) bond motifs is 1. The lowest BCUT2D eigenvalue weighted by Gasteiger charge is -2.36. The quantitative estimate of drug-likeness (QED) is 0.332. The average Bonchev–Trinajstić information content (AvgIpc) is 3.30. The highest BCUT2D eigenvalue weighted by atomic mass is 35.5. The first kappa shape index (κ1) is 23.7. The highest BCUT2D eigenvalue weighted by Crippen LogP contribution is 2.31. The van der Waals surface area contributed by atoms with Crippen LogP contribution in [0.3, 0.4) is 0 Å². The van der Waals surface area contributed by atoms with E-state index in [2.05, 4.69) is 27.3 Å². The van der Waals surface area contributed by atoms with Gasteiger partial charge in [0.2, 0.25) is 5.91 Å². The maximum Gasteiger partial charge on any atom is 0.255 e. The summed E-state index contributed by atoms with van der Waals surface area (Å²) in [6.45, 7) is 3.13. The third-order valence-electron chi connectivity index (χ3n) is 5.81. The Morgan fingerprint density at radius 2 is 1.71 bits per heavy atom. The summed E-state index contributed by atoms with van der Waals surface area (Å²) in [5, 5.41) is 3.50. The normalized spacial score (nSPS) is 13.7. The summed E-state index contributed by atoms with van der Waals surface area (Å²) in [4.78, 5) is 34.1. The fourth-order valence-corrected chi connectivity index (χ4v) is 6.05. The highest BCUT2D eigenvalue weighted by molar-refractivity contribution is 8.01. The number of carbonyl (C=O) groups is 2. The molecule has 6 nitrogen and oxygen atoms in total. The highest BCUT2D eigenvalue weighted by Gasteiger charge is 2.21. The number of rotatable bonds is 6. The summed E-state index contributed by atoms with van der Waals surface area (Å²) in [6, 6.07) is 22.7. The van der Waals surface area contributed by atoms with E-state index in [4.69, 9.17) is 11.6 Å². The summed E-state index contributed by atoms with van der Waals surface area (Å²) >= 11 is 8.89. The molecule has 9 heteroatoms. The Hall–Kier alpha value is -3.07. The van der Waals surface area contributed by atoms with E-state index in [0.717, 1.165) is 40.7 Å². The summed E-state index contributed by atoms with van der Waals surface area (Å²) in [5.41, 5.74) is 3.29. The maximum atomic E-state index is 12.8. The van der Waals surface area contributed by atoms with Crippen LogP contribution in [-0.4, -0.2) is 53.6 Å². The topological polar surface area (TPSA) is 65.5 Å². The molecule has 0 saturated carbocycles. The molecule has 0 atom stereocenters. The van der Waals surface area contributed by atoms with E-state index in [-0.39, 0.29) is 11.8 Å². The molecule has 1 aliphatic heterocycles. The van der Waals surface area contributed by atoms with E-state index in [1.807, 2.05) is 41.3 Å². The van der Waals surface area contributed by atoms with Gasteiger partial charge in [0.15, 0.2) is 4.34 Å². The summed E-state index contributed by atoms with van der Waals surface area (Å²) in [6.07, 6.45) is 0. The predicted octanol–water partition coefficient (Wildman–Crippen LogP) is 5.64. The van der Waals surface area contributed by atoms with Gasteiger partial charge in [-0.05, 0) is 54.6 Å². The Bertz CT molecular complexity index is 1340. The number of nitrogens with zero attached hydrogens (tertiary/aromatic N) is 3. The molecular weight excluding hydrogens is 500 g/mol. The van der Waals surface area contributed by atoms with Crippen LogP contribution in [0.1, 0.15) is 10.4 Å². The Kier molecular flexibility index (Phi) is 7.22. The second-order valence-corrected chi connectivity index (χ2v) is 10.8. The molecule has 35 heavy (non-hydrogen) atoms. The molecular formula is C26H23ClN4O2S2. The van der Waals surface area contributed by atoms with Crippen LogP contribution in [0, 0.1) is 0 Å². The van der Waals surface area contributed by atoms with Gasteiger partial charge in [-0.2, -0.15) is 0 Å². The van der Waals surface area contributed by atoms with Crippen LogP contribution in [0.25, 0.3) is 10.2 Å². The molecule has 0 spiro atoms. The number of amides is 2. The lowest BCUT2D eigenvalue weighted by molar-refractivity contribution is -0.128. The minimum absolute atomic E-state index is 0.137. The predicted molar refractivity (Wildman–Crippen MR) is 145 cm³/mol. The number of piperazine rings is 1. The van der Waals surface area contributed by atoms with E-state index >= 15 is 0 Å². The van der Waals surface area contributed by atoms with Gasteiger partial charge >= 0.3 is 0 Å². The molecule has 0 radical (unpaired) electrons.